The Balaban J connectivity index is 2.30. The number of nitriles is 1. The number of anilines is 1. The Kier molecular flexibility index (Phi) is 3.04. The van der Waals surface area contributed by atoms with Gasteiger partial charge in [0, 0.05) is 18.8 Å². The second-order valence-corrected chi connectivity index (χ2v) is 5.47. The summed E-state index contributed by atoms with van der Waals surface area (Å²) in [5.74, 6) is 0.225. The van der Waals surface area contributed by atoms with Crippen molar-refractivity contribution >= 4 is 5.69 Å². The Morgan fingerprint density at radius 2 is 2.06 bits per heavy atom. The highest BCUT2D eigenvalue weighted by molar-refractivity contribution is 5.63. The van der Waals surface area contributed by atoms with Gasteiger partial charge in [-0.25, -0.2) is 0 Å². The lowest BCUT2D eigenvalue weighted by atomic mass is 9.82. The molecule has 1 aromatic heterocycles. The molecular weight excluding hydrogens is 226 g/mol. The van der Waals surface area contributed by atoms with E-state index >= 15 is 0 Å². The number of β-amino-alcohol motifs (C(OH)–C–C–N with tert-alkyl or cyclic N) is 1. The number of aromatic nitrogens is 1. The van der Waals surface area contributed by atoms with Crippen LogP contribution in [0.15, 0.2) is 6.07 Å². The first-order valence-corrected chi connectivity index (χ1v) is 6.23. The summed E-state index contributed by atoms with van der Waals surface area (Å²) in [6.07, 6.45) is 0. The van der Waals surface area contributed by atoms with E-state index in [2.05, 4.69) is 16.0 Å². The fourth-order valence-corrected chi connectivity index (χ4v) is 2.35. The Morgan fingerprint density at radius 3 is 2.56 bits per heavy atom. The van der Waals surface area contributed by atoms with Crippen LogP contribution in [-0.4, -0.2) is 28.8 Å². The molecule has 1 aliphatic heterocycles. The van der Waals surface area contributed by atoms with Gasteiger partial charge in [0.2, 0.25) is 0 Å². The van der Waals surface area contributed by atoms with Crippen molar-refractivity contribution in [2.24, 2.45) is 5.92 Å². The molecule has 0 spiro atoms. The number of nitrogens with zero attached hydrogens (tertiary/aromatic N) is 3. The summed E-state index contributed by atoms with van der Waals surface area (Å²) in [6.45, 7) is 8.98. The van der Waals surface area contributed by atoms with Crippen molar-refractivity contribution in [1.82, 2.24) is 4.98 Å². The highest BCUT2D eigenvalue weighted by Crippen LogP contribution is 2.35. The zero-order chi connectivity index (χ0) is 13.5. The lowest BCUT2D eigenvalue weighted by Crippen LogP contribution is -2.65. The van der Waals surface area contributed by atoms with E-state index in [-0.39, 0.29) is 5.92 Å². The summed E-state index contributed by atoms with van der Waals surface area (Å²) in [7, 11) is 0. The highest BCUT2D eigenvalue weighted by Gasteiger charge is 2.44. The Morgan fingerprint density at radius 1 is 1.44 bits per heavy atom. The average Bonchev–Trinajstić information content (AvgIpc) is 2.23. The van der Waals surface area contributed by atoms with Crippen LogP contribution in [-0.2, 0) is 0 Å². The third kappa shape index (κ3) is 1.95. The maximum Gasteiger partial charge on any atom is 0.103 e. The molecule has 0 bridgehead atoms. The van der Waals surface area contributed by atoms with Gasteiger partial charge in [-0.05, 0) is 25.8 Å². The van der Waals surface area contributed by atoms with Gasteiger partial charge in [-0.1, -0.05) is 13.8 Å². The average molecular weight is 245 g/mol. The van der Waals surface area contributed by atoms with Gasteiger partial charge in [0.15, 0.2) is 0 Å². The molecule has 1 fully saturated rings. The van der Waals surface area contributed by atoms with E-state index in [0.29, 0.717) is 18.7 Å². The summed E-state index contributed by atoms with van der Waals surface area (Å²) in [5.41, 5.74) is 2.55. The first-order chi connectivity index (χ1) is 8.37. The van der Waals surface area contributed by atoms with E-state index in [1.54, 1.807) is 0 Å². The summed E-state index contributed by atoms with van der Waals surface area (Å²) >= 11 is 0. The van der Waals surface area contributed by atoms with Gasteiger partial charge < -0.3 is 10.0 Å². The number of pyridine rings is 1. The number of aliphatic hydroxyl groups is 1. The molecule has 2 heterocycles. The molecule has 1 aromatic rings. The molecule has 0 aliphatic carbocycles. The smallest absolute Gasteiger partial charge is 0.103 e. The van der Waals surface area contributed by atoms with Gasteiger partial charge in [-0.2, -0.15) is 5.26 Å². The normalized spacial score (nSPS) is 17.5. The molecule has 18 heavy (non-hydrogen) atoms. The lowest BCUT2D eigenvalue weighted by molar-refractivity contribution is -0.0300. The van der Waals surface area contributed by atoms with Gasteiger partial charge in [-0.3, -0.25) is 4.98 Å². The van der Waals surface area contributed by atoms with E-state index in [1.165, 1.54) is 0 Å². The Labute approximate surface area is 108 Å². The maximum absolute atomic E-state index is 10.3. The molecule has 0 radical (unpaired) electrons. The molecule has 2 rings (SSSR count). The zero-order valence-electron chi connectivity index (χ0n) is 11.4. The molecule has 0 aromatic carbocycles. The van der Waals surface area contributed by atoms with E-state index in [9.17, 15) is 10.4 Å². The first-order valence-electron chi connectivity index (χ1n) is 6.23. The van der Waals surface area contributed by atoms with E-state index in [4.69, 9.17) is 0 Å². The number of rotatable bonds is 2. The second kappa shape index (κ2) is 4.25. The number of aryl methyl sites for hydroxylation is 2. The minimum Gasteiger partial charge on any atom is -0.386 e. The van der Waals surface area contributed by atoms with Gasteiger partial charge >= 0.3 is 0 Å². The van der Waals surface area contributed by atoms with Gasteiger partial charge in [0.1, 0.15) is 11.7 Å². The monoisotopic (exact) mass is 245 g/mol. The molecule has 0 amide bonds. The third-order valence-electron chi connectivity index (χ3n) is 3.76. The van der Waals surface area contributed by atoms with Crippen LogP contribution in [0, 0.1) is 31.1 Å². The standard InChI is InChI=1S/C14H19N3O/c1-9(2)14(18)7-17(8-14)13-5-10(3)16-11(4)12(13)6-15/h5,9,18H,7-8H2,1-4H3. The van der Waals surface area contributed by atoms with E-state index in [1.807, 2.05) is 33.8 Å². The molecule has 1 saturated heterocycles. The Bertz CT molecular complexity index is 511. The van der Waals surface area contributed by atoms with Crippen molar-refractivity contribution in [2.45, 2.75) is 33.3 Å². The first kappa shape index (κ1) is 12.8. The summed E-state index contributed by atoms with van der Waals surface area (Å²) in [5, 5.41) is 19.5. The van der Waals surface area contributed by atoms with Gasteiger partial charge in [-0.15, -0.1) is 0 Å². The third-order valence-corrected chi connectivity index (χ3v) is 3.76. The topological polar surface area (TPSA) is 60.1 Å². The van der Waals surface area contributed by atoms with Crippen LogP contribution < -0.4 is 4.90 Å². The highest BCUT2D eigenvalue weighted by atomic mass is 16.3. The Hall–Kier alpha value is -1.60. The quantitative estimate of drug-likeness (QED) is 0.862. The molecular formula is C14H19N3O. The zero-order valence-corrected chi connectivity index (χ0v) is 11.4. The van der Waals surface area contributed by atoms with Gasteiger partial charge in [0.05, 0.1) is 16.9 Å². The molecule has 1 N–H and O–H groups in total. The SMILES string of the molecule is Cc1cc(N2CC(O)(C(C)C)C2)c(C#N)c(C)n1. The fourth-order valence-electron chi connectivity index (χ4n) is 2.35. The van der Waals surface area contributed by atoms with Crippen LogP contribution in [0.25, 0.3) is 0 Å². The van der Waals surface area contributed by atoms with Crippen LogP contribution >= 0.6 is 0 Å². The molecule has 4 heteroatoms. The second-order valence-electron chi connectivity index (χ2n) is 5.47. The minimum atomic E-state index is -0.627. The van der Waals surface area contributed by atoms with Crippen LogP contribution in [0.5, 0.6) is 0 Å². The molecule has 0 saturated carbocycles. The molecule has 0 unspecified atom stereocenters. The van der Waals surface area contributed by atoms with E-state index < -0.39 is 5.60 Å². The van der Waals surface area contributed by atoms with Crippen LogP contribution in [0.3, 0.4) is 0 Å². The molecule has 4 nitrogen and oxygen atoms in total. The van der Waals surface area contributed by atoms with Crippen LogP contribution in [0.2, 0.25) is 0 Å². The van der Waals surface area contributed by atoms with Crippen molar-refractivity contribution in [3.05, 3.63) is 23.0 Å². The van der Waals surface area contributed by atoms with Crippen LogP contribution in [0.1, 0.15) is 30.8 Å². The van der Waals surface area contributed by atoms with Crippen molar-refractivity contribution in [1.29, 1.82) is 5.26 Å². The fraction of sp³-hybridized carbons (Fsp3) is 0.571. The molecule has 96 valence electrons. The predicted octanol–water partition coefficient (Wildman–Crippen LogP) is 1.78. The largest absolute Gasteiger partial charge is 0.386 e. The maximum atomic E-state index is 10.3. The summed E-state index contributed by atoms with van der Waals surface area (Å²) in [6, 6.07) is 4.13. The van der Waals surface area contributed by atoms with Crippen molar-refractivity contribution < 1.29 is 5.11 Å². The molecule has 1 aliphatic rings. The predicted molar refractivity (Wildman–Crippen MR) is 70.4 cm³/mol. The summed E-state index contributed by atoms with van der Waals surface area (Å²) in [4.78, 5) is 6.36. The molecule has 0 atom stereocenters. The van der Waals surface area contributed by atoms with Crippen LogP contribution in [0.4, 0.5) is 5.69 Å². The van der Waals surface area contributed by atoms with Crippen molar-refractivity contribution in [3.63, 3.8) is 0 Å². The number of hydrogen-bond acceptors (Lipinski definition) is 4. The lowest BCUT2D eigenvalue weighted by Gasteiger charge is -2.50. The minimum absolute atomic E-state index is 0.225. The number of hydrogen-bond donors (Lipinski definition) is 1. The van der Waals surface area contributed by atoms with Crippen molar-refractivity contribution in [2.75, 3.05) is 18.0 Å². The van der Waals surface area contributed by atoms with E-state index in [0.717, 1.165) is 17.1 Å². The summed E-state index contributed by atoms with van der Waals surface area (Å²) < 4.78 is 0. The van der Waals surface area contributed by atoms with Crippen molar-refractivity contribution in [3.8, 4) is 6.07 Å². The van der Waals surface area contributed by atoms with Gasteiger partial charge in [0.25, 0.3) is 0 Å².